The van der Waals surface area contributed by atoms with Crippen molar-refractivity contribution in [1.29, 1.82) is 0 Å². The Labute approximate surface area is 127 Å². The summed E-state index contributed by atoms with van der Waals surface area (Å²) in [6.07, 6.45) is 3.81. The number of hydroxylamine groups is 1. The Kier molecular flexibility index (Phi) is 5.29. The molecule has 0 saturated heterocycles. The molecular weight excluding hydrogens is 301 g/mol. The Balaban J connectivity index is 2.08. The average molecular weight is 316 g/mol. The van der Waals surface area contributed by atoms with E-state index in [0.717, 1.165) is 5.56 Å². The number of carboxylic acids is 1. The first-order valence-electron chi connectivity index (χ1n) is 6.31. The third-order valence-electron chi connectivity index (χ3n) is 2.91. The van der Waals surface area contributed by atoms with E-state index in [9.17, 15) is 4.79 Å². The molecule has 2 N–H and O–H groups in total. The molecule has 0 atom stereocenters. The van der Waals surface area contributed by atoms with Crippen molar-refractivity contribution in [2.75, 3.05) is 6.61 Å². The second kappa shape index (κ2) is 6.97. The molecule has 0 amide bonds. The molecule has 1 aromatic rings. The van der Waals surface area contributed by atoms with Crippen LogP contribution in [0.4, 0.5) is 0 Å². The number of carboxylic acid groups (broad SMARTS) is 1. The number of nitrogens with one attached hydrogen (secondary N) is 1. The lowest BCUT2D eigenvalue weighted by molar-refractivity contribution is -0.136. The summed E-state index contributed by atoms with van der Waals surface area (Å²) in [7, 11) is 0. The summed E-state index contributed by atoms with van der Waals surface area (Å²) in [6.45, 7) is 0.617. The van der Waals surface area contributed by atoms with Gasteiger partial charge in [-0.2, -0.15) is 0 Å². The van der Waals surface area contributed by atoms with Gasteiger partial charge in [-0.25, -0.2) is 0 Å². The Bertz CT molecular complexity index is 527. The van der Waals surface area contributed by atoms with E-state index in [4.69, 9.17) is 33.1 Å². The van der Waals surface area contributed by atoms with E-state index in [1.807, 2.05) is 0 Å². The van der Waals surface area contributed by atoms with Crippen LogP contribution in [0.2, 0.25) is 10.0 Å². The van der Waals surface area contributed by atoms with Crippen molar-refractivity contribution in [2.45, 2.75) is 19.3 Å². The van der Waals surface area contributed by atoms with E-state index >= 15 is 0 Å². The SMILES string of the molecule is O=C(O)C/C=C(\NOCC1CC1)c1ccc(Cl)c(Cl)c1. The van der Waals surface area contributed by atoms with Gasteiger partial charge in [-0.15, -0.1) is 0 Å². The fourth-order valence-corrected chi connectivity index (χ4v) is 1.89. The molecule has 20 heavy (non-hydrogen) atoms. The van der Waals surface area contributed by atoms with Gasteiger partial charge in [0.2, 0.25) is 0 Å². The van der Waals surface area contributed by atoms with Gasteiger partial charge in [0.25, 0.3) is 0 Å². The van der Waals surface area contributed by atoms with Crippen molar-refractivity contribution in [2.24, 2.45) is 5.92 Å². The zero-order chi connectivity index (χ0) is 14.5. The predicted molar refractivity (Wildman–Crippen MR) is 78.5 cm³/mol. The molecule has 0 heterocycles. The summed E-state index contributed by atoms with van der Waals surface area (Å²) >= 11 is 11.8. The summed E-state index contributed by atoms with van der Waals surface area (Å²) in [5, 5.41) is 9.63. The fraction of sp³-hybridized carbons (Fsp3) is 0.357. The lowest BCUT2D eigenvalue weighted by Crippen LogP contribution is -2.15. The maximum absolute atomic E-state index is 10.7. The highest BCUT2D eigenvalue weighted by molar-refractivity contribution is 6.42. The van der Waals surface area contributed by atoms with Gasteiger partial charge in [-0.1, -0.05) is 29.3 Å². The highest BCUT2D eigenvalue weighted by Crippen LogP contribution is 2.29. The van der Waals surface area contributed by atoms with Crippen LogP contribution in [-0.4, -0.2) is 17.7 Å². The van der Waals surface area contributed by atoms with Crippen LogP contribution in [0, 0.1) is 5.92 Å². The molecule has 0 bridgehead atoms. The van der Waals surface area contributed by atoms with Crippen LogP contribution in [0.25, 0.3) is 5.70 Å². The largest absolute Gasteiger partial charge is 0.481 e. The molecule has 1 aromatic carbocycles. The second-order valence-corrected chi connectivity index (χ2v) is 5.52. The van der Waals surface area contributed by atoms with E-state index < -0.39 is 5.97 Å². The molecule has 0 radical (unpaired) electrons. The summed E-state index contributed by atoms with van der Waals surface area (Å²) in [4.78, 5) is 16.1. The lowest BCUT2D eigenvalue weighted by atomic mass is 10.1. The third kappa shape index (κ3) is 4.71. The molecule has 0 spiro atoms. The quantitative estimate of drug-likeness (QED) is 0.752. The van der Waals surface area contributed by atoms with Gasteiger partial charge in [-0.05, 0) is 37.0 Å². The number of hydrogen-bond donors (Lipinski definition) is 2. The van der Waals surface area contributed by atoms with Crippen LogP contribution < -0.4 is 5.48 Å². The number of halogens is 2. The topological polar surface area (TPSA) is 58.6 Å². The van der Waals surface area contributed by atoms with Crippen LogP contribution in [0.3, 0.4) is 0 Å². The molecule has 0 aliphatic heterocycles. The van der Waals surface area contributed by atoms with Crippen LogP contribution in [0.5, 0.6) is 0 Å². The first kappa shape index (κ1) is 15.2. The number of rotatable bonds is 7. The van der Waals surface area contributed by atoms with Gasteiger partial charge < -0.3 is 5.11 Å². The maximum Gasteiger partial charge on any atom is 0.307 e. The van der Waals surface area contributed by atoms with Gasteiger partial charge in [0.15, 0.2) is 0 Å². The van der Waals surface area contributed by atoms with E-state index in [1.54, 1.807) is 24.3 Å². The molecule has 6 heteroatoms. The van der Waals surface area contributed by atoms with Crippen LogP contribution in [-0.2, 0) is 9.63 Å². The Morgan fingerprint density at radius 1 is 1.40 bits per heavy atom. The normalized spacial score (nSPS) is 15.2. The number of aliphatic carboxylic acids is 1. The Morgan fingerprint density at radius 2 is 2.15 bits per heavy atom. The van der Waals surface area contributed by atoms with Gasteiger partial charge in [0, 0.05) is 5.56 Å². The Morgan fingerprint density at radius 3 is 2.75 bits per heavy atom. The van der Waals surface area contributed by atoms with E-state index in [1.165, 1.54) is 12.8 Å². The molecule has 108 valence electrons. The van der Waals surface area contributed by atoms with E-state index in [-0.39, 0.29) is 6.42 Å². The van der Waals surface area contributed by atoms with Crippen molar-refractivity contribution in [3.05, 3.63) is 39.9 Å². The lowest BCUT2D eigenvalue weighted by Gasteiger charge is -2.12. The standard InChI is InChI=1S/C14H15Cl2NO3/c15-11-4-3-10(7-12(11)16)13(5-6-14(18)19)17-20-8-9-1-2-9/h3-5,7,9,17H,1-2,6,8H2,(H,18,19)/b13-5-. The van der Waals surface area contributed by atoms with E-state index in [0.29, 0.717) is 28.3 Å². The molecular formula is C14H15Cl2NO3. The number of benzene rings is 1. The zero-order valence-electron chi connectivity index (χ0n) is 10.7. The van der Waals surface area contributed by atoms with Crippen LogP contribution in [0.15, 0.2) is 24.3 Å². The minimum absolute atomic E-state index is 0.102. The second-order valence-electron chi connectivity index (χ2n) is 4.70. The summed E-state index contributed by atoms with van der Waals surface area (Å²) in [6, 6.07) is 5.09. The Hall–Kier alpha value is -1.23. The summed E-state index contributed by atoms with van der Waals surface area (Å²) in [5.74, 6) is -0.302. The van der Waals surface area contributed by atoms with Gasteiger partial charge in [-0.3, -0.25) is 15.1 Å². The minimum Gasteiger partial charge on any atom is -0.481 e. The maximum atomic E-state index is 10.7. The van der Waals surface area contributed by atoms with Crippen molar-refractivity contribution in [1.82, 2.24) is 5.48 Å². The van der Waals surface area contributed by atoms with Crippen molar-refractivity contribution in [3.63, 3.8) is 0 Å². The molecule has 1 aliphatic carbocycles. The smallest absolute Gasteiger partial charge is 0.307 e. The fourth-order valence-electron chi connectivity index (χ4n) is 1.59. The molecule has 1 fully saturated rings. The molecule has 1 aliphatic rings. The van der Waals surface area contributed by atoms with Crippen molar-refractivity contribution < 1.29 is 14.7 Å². The number of carbonyl (C=O) groups is 1. The molecule has 1 saturated carbocycles. The minimum atomic E-state index is -0.911. The predicted octanol–water partition coefficient (Wildman–Crippen LogP) is 3.74. The third-order valence-corrected chi connectivity index (χ3v) is 3.65. The first-order valence-corrected chi connectivity index (χ1v) is 7.07. The average Bonchev–Trinajstić information content (AvgIpc) is 3.21. The van der Waals surface area contributed by atoms with Crippen LogP contribution >= 0.6 is 23.2 Å². The summed E-state index contributed by atoms with van der Waals surface area (Å²) < 4.78 is 0. The highest BCUT2D eigenvalue weighted by atomic mass is 35.5. The summed E-state index contributed by atoms with van der Waals surface area (Å²) in [5.41, 5.74) is 4.11. The van der Waals surface area contributed by atoms with Gasteiger partial charge in [0.1, 0.15) is 0 Å². The molecule has 0 aromatic heterocycles. The molecule has 0 unspecified atom stereocenters. The van der Waals surface area contributed by atoms with Crippen LogP contribution in [0.1, 0.15) is 24.8 Å². The van der Waals surface area contributed by atoms with Gasteiger partial charge in [0.05, 0.1) is 28.8 Å². The highest BCUT2D eigenvalue weighted by Gasteiger charge is 2.21. The van der Waals surface area contributed by atoms with Crippen molar-refractivity contribution in [3.8, 4) is 0 Å². The number of hydrogen-bond acceptors (Lipinski definition) is 3. The molecule has 2 rings (SSSR count). The van der Waals surface area contributed by atoms with E-state index in [2.05, 4.69) is 5.48 Å². The zero-order valence-corrected chi connectivity index (χ0v) is 12.2. The monoisotopic (exact) mass is 315 g/mol. The first-order chi connectivity index (χ1) is 9.56. The van der Waals surface area contributed by atoms with Gasteiger partial charge >= 0.3 is 5.97 Å². The molecule has 4 nitrogen and oxygen atoms in total. The van der Waals surface area contributed by atoms with Crippen molar-refractivity contribution >= 4 is 34.9 Å².